The predicted molar refractivity (Wildman–Crippen MR) is 94.5 cm³/mol. The Morgan fingerprint density at radius 2 is 1.88 bits per heavy atom. The lowest BCUT2D eigenvalue weighted by Gasteiger charge is -2.14. The van der Waals surface area contributed by atoms with Crippen LogP contribution >= 0.6 is 11.6 Å². The zero-order valence-corrected chi connectivity index (χ0v) is 14.8. The van der Waals surface area contributed by atoms with Gasteiger partial charge in [0.2, 0.25) is 0 Å². The maximum Gasteiger partial charge on any atom is 0.343 e. The van der Waals surface area contributed by atoms with Crippen molar-refractivity contribution in [3.63, 3.8) is 0 Å². The molecule has 6 heteroatoms. The minimum atomic E-state index is -0.574. The SMILES string of the molecule is CCCOc1c(Cl)cc(C(=O)Oc2ccc(C#N)cc2)cc1OCC. The topological polar surface area (TPSA) is 68.5 Å². The lowest BCUT2D eigenvalue weighted by atomic mass is 10.2. The molecule has 0 bridgehead atoms. The third kappa shape index (κ3) is 4.88. The van der Waals surface area contributed by atoms with Gasteiger partial charge in [0.1, 0.15) is 5.75 Å². The smallest absolute Gasteiger partial charge is 0.343 e. The van der Waals surface area contributed by atoms with Crippen molar-refractivity contribution in [2.24, 2.45) is 0 Å². The second-order valence-electron chi connectivity index (χ2n) is 5.09. The Morgan fingerprint density at radius 1 is 1.16 bits per heavy atom. The van der Waals surface area contributed by atoms with Crippen LogP contribution in [-0.4, -0.2) is 19.2 Å². The van der Waals surface area contributed by atoms with E-state index in [4.69, 9.17) is 31.1 Å². The summed E-state index contributed by atoms with van der Waals surface area (Å²) in [5.74, 6) is 0.578. The van der Waals surface area contributed by atoms with Gasteiger partial charge in [0.05, 0.1) is 35.4 Å². The van der Waals surface area contributed by atoms with Crippen LogP contribution in [0.4, 0.5) is 0 Å². The van der Waals surface area contributed by atoms with Gasteiger partial charge in [-0.2, -0.15) is 5.26 Å². The van der Waals surface area contributed by atoms with Gasteiger partial charge in [0.15, 0.2) is 11.5 Å². The van der Waals surface area contributed by atoms with Gasteiger partial charge in [-0.3, -0.25) is 0 Å². The zero-order valence-electron chi connectivity index (χ0n) is 14.0. The van der Waals surface area contributed by atoms with E-state index in [-0.39, 0.29) is 10.6 Å². The minimum Gasteiger partial charge on any atom is -0.490 e. The monoisotopic (exact) mass is 359 g/mol. The average molecular weight is 360 g/mol. The summed E-state index contributed by atoms with van der Waals surface area (Å²) >= 11 is 6.24. The molecule has 0 spiro atoms. The first-order valence-corrected chi connectivity index (χ1v) is 8.28. The minimum absolute atomic E-state index is 0.252. The van der Waals surface area contributed by atoms with E-state index in [1.165, 1.54) is 6.07 Å². The Hall–Kier alpha value is -2.71. The summed E-state index contributed by atoms with van der Waals surface area (Å²) in [6, 6.07) is 11.3. The average Bonchev–Trinajstić information content (AvgIpc) is 2.61. The maximum atomic E-state index is 12.4. The Labute approximate surface area is 151 Å². The third-order valence-corrected chi connectivity index (χ3v) is 3.47. The number of hydrogen-bond donors (Lipinski definition) is 0. The van der Waals surface area contributed by atoms with Crippen molar-refractivity contribution in [2.75, 3.05) is 13.2 Å². The summed E-state index contributed by atoms with van der Waals surface area (Å²) in [4.78, 5) is 12.4. The molecule has 0 fully saturated rings. The second kappa shape index (κ2) is 8.95. The molecule has 0 saturated heterocycles. The van der Waals surface area contributed by atoms with E-state index in [0.29, 0.717) is 36.0 Å². The number of rotatable bonds is 7. The van der Waals surface area contributed by atoms with Gasteiger partial charge in [-0.1, -0.05) is 18.5 Å². The fraction of sp³-hybridized carbons (Fsp3) is 0.263. The molecule has 0 aliphatic rings. The summed E-state index contributed by atoms with van der Waals surface area (Å²) in [6.07, 6.45) is 0.824. The molecule has 2 aromatic rings. The summed E-state index contributed by atoms with van der Waals surface area (Å²) in [7, 11) is 0. The molecule has 0 aromatic heterocycles. The van der Waals surface area contributed by atoms with Crippen LogP contribution in [0.3, 0.4) is 0 Å². The van der Waals surface area contributed by atoms with E-state index in [2.05, 4.69) is 0 Å². The molecule has 0 heterocycles. The van der Waals surface area contributed by atoms with Gasteiger partial charge in [-0.05, 0) is 49.7 Å². The largest absolute Gasteiger partial charge is 0.490 e. The molecule has 0 atom stereocenters. The molecule has 130 valence electrons. The highest BCUT2D eigenvalue weighted by atomic mass is 35.5. The van der Waals surface area contributed by atoms with Crippen LogP contribution in [0.5, 0.6) is 17.2 Å². The van der Waals surface area contributed by atoms with Crippen molar-refractivity contribution >= 4 is 17.6 Å². The number of benzene rings is 2. The van der Waals surface area contributed by atoms with E-state index >= 15 is 0 Å². The number of nitrogens with zero attached hydrogens (tertiary/aromatic N) is 1. The Kier molecular flexibility index (Phi) is 6.67. The molecular formula is C19H18ClNO4. The van der Waals surface area contributed by atoms with Crippen molar-refractivity contribution in [3.05, 3.63) is 52.5 Å². The highest BCUT2D eigenvalue weighted by molar-refractivity contribution is 6.32. The summed E-state index contributed by atoms with van der Waals surface area (Å²) in [5, 5.41) is 9.07. The van der Waals surface area contributed by atoms with E-state index < -0.39 is 5.97 Å². The number of carbonyl (C=O) groups is 1. The lowest BCUT2D eigenvalue weighted by molar-refractivity contribution is 0.0734. The predicted octanol–water partition coefficient (Wildman–Crippen LogP) is 4.62. The van der Waals surface area contributed by atoms with Crippen LogP contribution in [0.15, 0.2) is 36.4 Å². The van der Waals surface area contributed by atoms with Crippen LogP contribution in [0.1, 0.15) is 36.2 Å². The van der Waals surface area contributed by atoms with Crippen LogP contribution in [0.25, 0.3) is 0 Å². The van der Waals surface area contributed by atoms with E-state index in [1.54, 1.807) is 30.3 Å². The molecule has 2 rings (SSSR count). The number of carbonyl (C=O) groups excluding carboxylic acids is 1. The second-order valence-corrected chi connectivity index (χ2v) is 5.50. The van der Waals surface area contributed by atoms with Crippen molar-refractivity contribution in [2.45, 2.75) is 20.3 Å². The zero-order chi connectivity index (χ0) is 18.2. The van der Waals surface area contributed by atoms with E-state index in [1.807, 2.05) is 19.9 Å². The van der Waals surface area contributed by atoms with Crippen LogP contribution in [0, 0.1) is 11.3 Å². The van der Waals surface area contributed by atoms with Crippen LogP contribution < -0.4 is 14.2 Å². The van der Waals surface area contributed by atoms with Gasteiger partial charge in [0, 0.05) is 0 Å². The van der Waals surface area contributed by atoms with Crippen molar-refractivity contribution < 1.29 is 19.0 Å². The molecule has 0 radical (unpaired) electrons. The molecule has 0 unspecified atom stereocenters. The molecule has 0 amide bonds. The summed E-state index contributed by atoms with van der Waals surface area (Å²) < 4.78 is 16.4. The maximum absolute atomic E-state index is 12.4. The summed E-state index contributed by atoms with van der Waals surface area (Å²) in [6.45, 7) is 4.72. The van der Waals surface area contributed by atoms with Gasteiger partial charge >= 0.3 is 5.97 Å². The molecule has 25 heavy (non-hydrogen) atoms. The molecule has 0 aliphatic heterocycles. The molecule has 0 aliphatic carbocycles. The number of esters is 1. The van der Waals surface area contributed by atoms with Crippen molar-refractivity contribution in [1.82, 2.24) is 0 Å². The molecule has 2 aromatic carbocycles. The number of nitriles is 1. The Balaban J connectivity index is 2.24. The first kappa shape index (κ1) is 18.6. The fourth-order valence-corrected chi connectivity index (χ4v) is 2.32. The third-order valence-electron chi connectivity index (χ3n) is 3.19. The standard InChI is InChI=1S/C19H18ClNO4/c1-3-9-24-18-16(20)10-14(11-17(18)23-4-2)19(22)25-15-7-5-13(12-21)6-8-15/h5-8,10-11H,3-4,9H2,1-2H3. The van der Waals surface area contributed by atoms with Gasteiger partial charge in [0.25, 0.3) is 0 Å². The van der Waals surface area contributed by atoms with Crippen LogP contribution in [-0.2, 0) is 0 Å². The molecule has 5 nitrogen and oxygen atoms in total. The van der Waals surface area contributed by atoms with Gasteiger partial charge < -0.3 is 14.2 Å². The normalized spacial score (nSPS) is 10.0. The Morgan fingerprint density at radius 3 is 2.48 bits per heavy atom. The van der Waals surface area contributed by atoms with Crippen molar-refractivity contribution in [1.29, 1.82) is 5.26 Å². The summed E-state index contributed by atoms with van der Waals surface area (Å²) in [5.41, 5.74) is 0.737. The van der Waals surface area contributed by atoms with Crippen LogP contribution in [0.2, 0.25) is 5.02 Å². The van der Waals surface area contributed by atoms with Crippen molar-refractivity contribution in [3.8, 4) is 23.3 Å². The van der Waals surface area contributed by atoms with E-state index in [9.17, 15) is 4.79 Å². The molecule has 0 N–H and O–H groups in total. The Bertz CT molecular complexity index is 781. The first-order valence-electron chi connectivity index (χ1n) is 7.90. The number of ether oxygens (including phenoxy) is 3. The molecular weight excluding hydrogens is 342 g/mol. The highest BCUT2D eigenvalue weighted by Crippen LogP contribution is 2.37. The first-order chi connectivity index (χ1) is 12.1. The van der Waals surface area contributed by atoms with E-state index in [0.717, 1.165) is 6.42 Å². The lowest BCUT2D eigenvalue weighted by Crippen LogP contribution is -2.10. The van der Waals surface area contributed by atoms with Gasteiger partial charge in [-0.25, -0.2) is 4.79 Å². The number of hydrogen-bond acceptors (Lipinski definition) is 5. The fourth-order valence-electron chi connectivity index (χ4n) is 2.06. The molecule has 0 saturated carbocycles. The highest BCUT2D eigenvalue weighted by Gasteiger charge is 2.17. The number of halogens is 1. The van der Waals surface area contributed by atoms with Gasteiger partial charge in [-0.15, -0.1) is 0 Å². The quantitative estimate of drug-likeness (QED) is 0.533.